The number of aromatic nitrogens is 4. The van der Waals surface area contributed by atoms with E-state index in [1.165, 1.54) is 0 Å². The monoisotopic (exact) mass is 498 g/mol. The number of carbonyl (C=O) groups excluding carboxylic acids is 1. The van der Waals surface area contributed by atoms with Crippen LogP contribution in [0.5, 0.6) is 17.2 Å². The van der Waals surface area contributed by atoms with E-state index in [0.717, 1.165) is 11.3 Å². The molecule has 2 aromatic heterocycles. The maximum Gasteiger partial charge on any atom is 0.255 e. The van der Waals surface area contributed by atoms with Crippen LogP contribution in [0.4, 0.5) is 11.6 Å². The summed E-state index contributed by atoms with van der Waals surface area (Å²) >= 11 is 0. The minimum atomic E-state index is -0.655. The minimum absolute atomic E-state index is 0.306. The van der Waals surface area contributed by atoms with Crippen molar-refractivity contribution in [1.82, 2.24) is 19.7 Å². The SMILES string of the molecule is COc1ccc(-c2nc3n(n2)[C@H](c2cccc(OC)c2OC)C(C(=O)Nc2cccnc2)=C(C)N3)cc1. The molecule has 1 aliphatic rings. The predicted molar refractivity (Wildman–Crippen MR) is 139 cm³/mol. The number of para-hydroxylation sites is 1. The van der Waals surface area contributed by atoms with E-state index in [9.17, 15) is 4.79 Å². The number of ether oxygens (including phenoxy) is 3. The van der Waals surface area contributed by atoms with E-state index in [2.05, 4.69) is 15.6 Å². The van der Waals surface area contributed by atoms with Crippen molar-refractivity contribution in [2.24, 2.45) is 0 Å². The standard InChI is InChI=1S/C27H26N6O4/c1-16-22(26(34)30-18-7-6-14-28-15-18)23(20-8-5-9-21(36-3)24(20)37-4)33-27(29-16)31-25(32-33)17-10-12-19(35-2)13-11-17/h5-15,23H,1-4H3,(H,30,34)(H,29,31,32)/t23-/m1/s1. The molecule has 0 aliphatic carbocycles. The average Bonchev–Trinajstić information content (AvgIpc) is 3.35. The number of benzene rings is 2. The van der Waals surface area contributed by atoms with Crippen molar-refractivity contribution >= 4 is 17.5 Å². The first-order valence-corrected chi connectivity index (χ1v) is 11.5. The smallest absolute Gasteiger partial charge is 0.255 e. The Hall–Kier alpha value is -4.86. The van der Waals surface area contributed by atoms with E-state index >= 15 is 0 Å². The molecule has 2 aromatic carbocycles. The van der Waals surface area contributed by atoms with Crippen LogP contribution in [0, 0.1) is 0 Å². The molecule has 1 amide bonds. The molecule has 10 nitrogen and oxygen atoms in total. The normalized spacial score (nSPS) is 14.4. The molecule has 188 valence electrons. The van der Waals surface area contributed by atoms with Crippen molar-refractivity contribution in [3.05, 3.63) is 83.8 Å². The van der Waals surface area contributed by atoms with Crippen molar-refractivity contribution in [2.45, 2.75) is 13.0 Å². The molecular formula is C27H26N6O4. The second-order valence-corrected chi connectivity index (χ2v) is 8.28. The van der Waals surface area contributed by atoms with Gasteiger partial charge in [-0.2, -0.15) is 4.98 Å². The molecular weight excluding hydrogens is 472 g/mol. The van der Waals surface area contributed by atoms with Gasteiger partial charge in [-0.1, -0.05) is 12.1 Å². The van der Waals surface area contributed by atoms with E-state index in [0.29, 0.717) is 45.8 Å². The Morgan fingerprint density at radius 3 is 2.49 bits per heavy atom. The van der Waals surface area contributed by atoms with E-state index < -0.39 is 6.04 Å². The van der Waals surface area contributed by atoms with Crippen LogP contribution in [0.2, 0.25) is 0 Å². The Morgan fingerprint density at radius 2 is 1.81 bits per heavy atom. The summed E-state index contributed by atoms with van der Waals surface area (Å²) in [5, 5.41) is 11.0. The van der Waals surface area contributed by atoms with Gasteiger partial charge in [0.05, 0.1) is 38.8 Å². The number of nitrogens with zero attached hydrogens (tertiary/aromatic N) is 4. The lowest BCUT2D eigenvalue weighted by molar-refractivity contribution is -0.113. The number of hydrogen-bond acceptors (Lipinski definition) is 8. The summed E-state index contributed by atoms with van der Waals surface area (Å²) in [6.07, 6.45) is 3.24. The fraction of sp³-hybridized carbons (Fsp3) is 0.185. The molecule has 1 atom stereocenters. The molecule has 0 spiro atoms. The lowest BCUT2D eigenvalue weighted by atomic mass is 9.94. The summed E-state index contributed by atoms with van der Waals surface area (Å²) in [7, 11) is 4.76. The van der Waals surface area contributed by atoms with E-state index in [1.54, 1.807) is 56.6 Å². The molecule has 3 heterocycles. The van der Waals surface area contributed by atoms with Gasteiger partial charge in [-0.3, -0.25) is 9.78 Å². The van der Waals surface area contributed by atoms with Crippen LogP contribution in [0.25, 0.3) is 11.4 Å². The third-order valence-electron chi connectivity index (χ3n) is 6.09. The number of pyridine rings is 1. The number of nitrogens with one attached hydrogen (secondary N) is 2. The first kappa shape index (κ1) is 23.9. The third kappa shape index (κ3) is 4.44. The van der Waals surface area contributed by atoms with Crippen molar-refractivity contribution < 1.29 is 19.0 Å². The molecule has 0 saturated carbocycles. The summed E-state index contributed by atoms with van der Waals surface area (Å²) in [5.41, 5.74) is 3.17. The summed E-state index contributed by atoms with van der Waals surface area (Å²) in [6.45, 7) is 1.84. The highest BCUT2D eigenvalue weighted by Gasteiger charge is 2.37. The highest BCUT2D eigenvalue weighted by atomic mass is 16.5. The van der Waals surface area contributed by atoms with Gasteiger partial charge in [0.1, 0.15) is 11.8 Å². The van der Waals surface area contributed by atoms with Crippen molar-refractivity contribution in [1.29, 1.82) is 0 Å². The number of allylic oxidation sites excluding steroid dienone is 1. The number of rotatable bonds is 7. The molecule has 0 fully saturated rings. The summed E-state index contributed by atoms with van der Waals surface area (Å²) in [6, 6.07) is 15.9. The Bertz CT molecular complexity index is 1460. The zero-order valence-electron chi connectivity index (χ0n) is 20.9. The molecule has 0 unspecified atom stereocenters. The molecule has 0 bridgehead atoms. The topological polar surface area (TPSA) is 112 Å². The summed E-state index contributed by atoms with van der Waals surface area (Å²) in [4.78, 5) is 22.5. The van der Waals surface area contributed by atoms with Crippen LogP contribution in [-0.2, 0) is 4.79 Å². The lowest BCUT2D eigenvalue weighted by Crippen LogP contribution is -2.31. The van der Waals surface area contributed by atoms with Crippen LogP contribution in [-0.4, -0.2) is 47.0 Å². The van der Waals surface area contributed by atoms with Gasteiger partial charge in [-0.25, -0.2) is 4.68 Å². The zero-order valence-corrected chi connectivity index (χ0v) is 20.9. The van der Waals surface area contributed by atoms with Crippen molar-refractivity contribution in [3.63, 3.8) is 0 Å². The van der Waals surface area contributed by atoms with Crippen LogP contribution in [0.1, 0.15) is 18.5 Å². The summed E-state index contributed by atoms with van der Waals surface area (Å²) < 4.78 is 18.3. The fourth-order valence-electron chi connectivity index (χ4n) is 4.36. The number of fused-ring (bicyclic) bond motifs is 1. The van der Waals surface area contributed by atoms with Gasteiger partial charge in [0.15, 0.2) is 17.3 Å². The summed E-state index contributed by atoms with van der Waals surface area (Å²) in [5.74, 6) is 2.47. The molecule has 4 aromatic rings. The molecule has 2 N–H and O–H groups in total. The third-order valence-corrected chi connectivity index (χ3v) is 6.09. The number of carbonyl (C=O) groups is 1. The molecule has 10 heteroatoms. The van der Waals surface area contributed by atoms with Crippen LogP contribution in [0.3, 0.4) is 0 Å². The predicted octanol–water partition coefficient (Wildman–Crippen LogP) is 4.29. The maximum absolute atomic E-state index is 13.7. The second kappa shape index (κ2) is 10.0. The number of methoxy groups -OCH3 is 3. The second-order valence-electron chi connectivity index (χ2n) is 8.28. The van der Waals surface area contributed by atoms with Gasteiger partial charge in [0, 0.05) is 23.0 Å². The highest BCUT2D eigenvalue weighted by molar-refractivity contribution is 6.06. The first-order valence-electron chi connectivity index (χ1n) is 11.5. The molecule has 5 rings (SSSR count). The largest absolute Gasteiger partial charge is 0.497 e. The fourth-order valence-corrected chi connectivity index (χ4v) is 4.36. The van der Waals surface area contributed by atoms with Crippen molar-refractivity contribution in [2.75, 3.05) is 32.0 Å². The van der Waals surface area contributed by atoms with E-state index in [-0.39, 0.29) is 5.91 Å². The minimum Gasteiger partial charge on any atom is -0.497 e. The van der Waals surface area contributed by atoms with Gasteiger partial charge in [0.25, 0.3) is 5.91 Å². The highest BCUT2D eigenvalue weighted by Crippen LogP contribution is 2.43. The molecule has 37 heavy (non-hydrogen) atoms. The Kier molecular flexibility index (Phi) is 6.46. The number of hydrogen-bond donors (Lipinski definition) is 2. The molecule has 0 radical (unpaired) electrons. The van der Waals surface area contributed by atoms with Gasteiger partial charge in [0.2, 0.25) is 5.95 Å². The van der Waals surface area contributed by atoms with Gasteiger partial charge in [-0.05, 0) is 49.4 Å². The van der Waals surface area contributed by atoms with E-state index in [4.69, 9.17) is 24.3 Å². The van der Waals surface area contributed by atoms with Crippen LogP contribution < -0.4 is 24.8 Å². The zero-order chi connectivity index (χ0) is 25.9. The lowest BCUT2D eigenvalue weighted by Gasteiger charge is -2.29. The van der Waals surface area contributed by atoms with Gasteiger partial charge < -0.3 is 24.8 Å². The Labute approximate surface area is 213 Å². The number of anilines is 2. The number of amides is 1. The maximum atomic E-state index is 13.7. The molecule has 0 saturated heterocycles. The Balaban J connectivity index is 1.65. The average molecular weight is 499 g/mol. The van der Waals surface area contributed by atoms with Crippen LogP contribution >= 0.6 is 0 Å². The van der Waals surface area contributed by atoms with Crippen molar-refractivity contribution in [3.8, 4) is 28.6 Å². The van der Waals surface area contributed by atoms with Crippen LogP contribution in [0.15, 0.2) is 78.3 Å². The van der Waals surface area contributed by atoms with E-state index in [1.807, 2.05) is 43.3 Å². The first-order chi connectivity index (χ1) is 18.0. The Morgan fingerprint density at radius 1 is 1.00 bits per heavy atom. The quantitative estimate of drug-likeness (QED) is 0.388. The van der Waals surface area contributed by atoms with Gasteiger partial charge in [-0.15, -0.1) is 5.10 Å². The van der Waals surface area contributed by atoms with Gasteiger partial charge >= 0.3 is 0 Å². The molecule has 1 aliphatic heterocycles.